The molecular weight excluding hydrogens is 452 g/mol. The fourth-order valence-corrected chi connectivity index (χ4v) is 5.96. The molecule has 2 heterocycles. The lowest BCUT2D eigenvalue weighted by molar-refractivity contribution is 0.332. The van der Waals surface area contributed by atoms with Crippen LogP contribution in [0, 0.1) is 0 Å². The third-order valence-electron chi connectivity index (χ3n) is 6.07. The topological polar surface area (TPSA) is 85.7 Å². The van der Waals surface area contributed by atoms with Crippen molar-refractivity contribution in [1.29, 1.82) is 0 Å². The molecular formula is C25H34N4O4S. The average molecular weight is 487 g/mol. The van der Waals surface area contributed by atoms with Gasteiger partial charge in [0.15, 0.2) is 0 Å². The molecule has 4 rings (SSSR count). The second kappa shape index (κ2) is 10.7. The lowest BCUT2D eigenvalue weighted by Gasteiger charge is -2.25. The number of hydrogen-bond donors (Lipinski definition) is 1. The van der Waals surface area contributed by atoms with Crippen LogP contribution in [-0.4, -0.2) is 48.6 Å². The number of anilines is 1. The molecule has 0 radical (unpaired) electrons. The monoisotopic (exact) mass is 486 g/mol. The standard InChI is InChI=1S/C25H34N4O4S/c1-4-29-23-12-11-20(34(30,31)28-14-8-7-9-15-28)17-21(23)27-25(29)18-26-22-16-19(32-5-2)10-13-24(22)33-6-3/h10-13,16-17,26H,4-9,14-15,18H2,1-3H3. The molecule has 1 N–H and O–H groups in total. The van der Waals surface area contributed by atoms with E-state index in [1.54, 1.807) is 16.4 Å². The third kappa shape index (κ3) is 5.00. The first-order chi connectivity index (χ1) is 16.5. The van der Waals surface area contributed by atoms with Crippen LogP contribution in [0.15, 0.2) is 41.3 Å². The predicted octanol–water partition coefficient (Wildman–Crippen LogP) is 4.64. The smallest absolute Gasteiger partial charge is 0.243 e. The van der Waals surface area contributed by atoms with Gasteiger partial charge in [0.1, 0.15) is 17.3 Å². The van der Waals surface area contributed by atoms with Gasteiger partial charge in [0.05, 0.1) is 41.4 Å². The Labute approximate surface area is 201 Å². The molecule has 9 heteroatoms. The first-order valence-corrected chi connectivity index (χ1v) is 13.5. The van der Waals surface area contributed by atoms with E-state index in [1.807, 2.05) is 38.1 Å². The molecule has 1 aromatic heterocycles. The normalized spacial score (nSPS) is 14.9. The van der Waals surface area contributed by atoms with Gasteiger partial charge in [0, 0.05) is 25.7 Å². The molecule has 2 aromatic carbocycles. The van der Waals surface area contributed by atoms with Crippen molar-refractivity contribution >= 4 is 26.7 Å². The van der Waals surface area contributed by atoms with Gasteiger partial charge in [-0.25, -0.2) is 13.4 Å². The lowest BCUT2D eigenvalue weighted by Crippen LogP contribution is -2.35. The summed E-state index contributed by atoms with van der Waals surface area (Å²) in [5, 5.41) is 3.43. The minimum atomic E-state index is -3.50. The average Bonchev–Trinajstić information content (AvgIpc) is 3.21. The Morgan fingerprint density at radius 2 is 1.74 bits per heavy atom. The number of ether oxygens (including phenoxy) is 2. The molecule has 0 atom stereocenters. The maximum atomic E-state index is 13.1. The van der Waals surface area contributed by atoms with E-state index < -0.39 is 10.0 Å². The van der Waals surface area contributed by atoms with Crippen LogP contribution >= 0.6 is 0 Å². The van der Waals surface area contributed by atoms with E-state index >= 15 is 0 Å². The highest BCUT2D eigenvalue weighted by Gasteiger charge is 2.26. The summed E-state index contributed by atoms with van der Waals surface area (Å²) < 4.78 is 41.4. The second-order valence-corrected chi connectivity index (χ2v) is 10.2. The van der Waals surface area contributed by atoms with Crippen LogP contribution in [0.1, 0.15) is 45.9 Å². The Balaban J connectivity index is 1.62. The van der Waals surface area contributed by atoms with Crippen LogP contribution in [-0.2, 0) is 23.1 Å². The highest BCUT2D eigenvalue weighted by molar-refractivity contribution is 7.89. The molecule has 0 aliphatic carbocycles. The lowest BCUT2D eigenvalue weighted by atomic mass is 10.2. The zero-order chi connectivity index (χ0) is 24.1. The number of nitrogens with one attached hydrogen (secondary N) is 1. The van der Waals surface area contributed by atoms with Gasteiger partial charge in [-0.05, 0) is 63.9 Å². The predicted molar refractivity (Wildman–Crippen MR) is 134 cm³/mol. The van der Waals surface area contributed by atoms with Crippen LogP contribution in [0.4, 0.5) is 5.69 Å². The van der Waals surface area contributed by atoms with Gasteiger partial charge in [-0.2, -0.15) is 4.31 Å². The molecule has 1 fully saturated rings. The Kier molecular flexibility index (Phi) is 7.63. The van der Waals surface area contributed by atoms with Crippen molar-refractivity contribution in [3.63, 3.8) is 0 Å². The highest BCUT2D eigenvalue weighted by atomic mass is 32.2. The molecule has 1 saturated heterocycles. The van der Waals surface area contributed by atoms with Crippen molar-refractivity contribution in [2.45, 2.75) is 58.0 Å². The molecule has 184 valence electrons. The molecule has 34 heavy (non-hydrogen) atoms. The van der Waals surface area contributed by atoms with Crippen molar-refractivity contribution in [3.05, 3.63) is 42.2 Å². The Bertz CT molecular complexity index is 1230. The number of aryl methyl sites for hydroxylation is 1. The first kappa shape index (κ1) is 24.3. The minimum absolute atomic E-state index is 0.310. The number of rotatable bonds is 10. The van der Waals surface area contributed by atoms with E-state index in [2.05, 4.69) is 16.8 Å². The summed E-state index contributed by atoms with van der Waals surface area (Å²) >= 11 is 0. The number of benzene rings is 2. The second-order valence-electron chi connectivity index (χ2n) is 8.27. The minimum Gasteiger partial charge on any atom is -0.494 e. The fourth-order valence-electron chi connectivity index (χ4n) is 4.42. The summed E-state index contributed by atoms with van der Waals surface area (Å²) in [5.41, 5.74) is 2.44. The van der Waals surface area contributed by atoms with Crippen molar-refractivity contribution in [2.24, 2.45) is 0 Å². The molecule has 0 amide bonds. The molecule has 8 nitrogen and oxygen atoms in total. The van der Waals surface area contributed by atoms with Crippen molar-refractivity contribution < 1.29 is 17.9 Å². The van der Waals surface area contributed by atoms with Crippen molar-refractivity contribution in [1.82, 2.24) is 13.9 Å². The van der Waals surface area contributed by atoms with Gasteiger partial charge >= 0.3 is 0 Å². The van der Waals surface area contributed by atoms with Crippen LogP contribution in [0.25, 0.3) is 11.0 Å². The summed E-state index contributed by atoms with van der Waals surface area (Å²) in [4.78, 5) is 5.11. The van der Waals surface area contributed by atoms with E-state index in [4.69, 9.17) is 14.5 Å². The number of fused-ring (bicyclic) bond motifs is 1. The van der Waals surface area contributed by atoms with E-state index in [9.17, 15) is 8.42 Å². The van der Waals surface area contributed by atoms with E-state index in [0.717, 1.165) is 54.3 Å². The van der Waals surface area contributed by atoms with Gasteiger partial charge in [-0.3, -0.25) is 0 Å². The van der Waals surface area contributed by atoms with E-state index in [1.165, 1.54) is 0 Å². The summed E-state index contributed by atoms with van der Waals surface area (Å²) in [6, 6.07) is 11.0. The number of imidazole rings is 1. The van der Waals surface area contributed by atoms with Crippen molar-refractivity contribution in [2.75, 3.05) is 31.6 Å². The quantitative estimate of drug-likeness (QED) is 0.449. The van der Waals surface area contributed by atoms with Gasteiger partial charge in [-0.15, -0.1) is 0 Å². The summed E-state index contributed by atoms with van der Waals surface area (Å²) in [6.07, 6.45) is 2.91. The van der Waals surface area contributed by atoms with E-state index in [-0.39, 0.29) is 0 Å². The number of sulfonamides is 1. The SMILES string of the molecule is CCOc1ccc(OCC)c(NCc2nc3cc(S(=O)(=O)N4CCCCC4)ccc3n2CC)c1. The zero-order valence-electron chi connectivity index (χ0n) is 20.2. The number of hydrogen-bond acceptors (Lipinski definition) is 6. The number of aromatic nitrogens is 2. The maximum absolute atomic E-state index is 13.1. The Hall–Kier alpha value is -2.78. The molecule has 1 aliphatic rings. The molecule has 0 saturated carbocycles. The molecule has 0 bridgehead atoms. The van der Waals surface area contributed by atoms with Crippen LogP contribution in [0.2, 0.25) is 0 Å². The summed E-state index contributed by atoms with van der Waals surface area (Å²) in [7, 11) is -3.50. The zero-order valence-corrected chi connectivity index (χ0v) is 21.0. The Morgan fingerprint density at radius 3 is 2.44 bits per heavy atom. The first-order valence-electron chi connectivity index (χ1n) is 12.1. The summed E-state index contributed by atoms with van der Waals surface area (Å²) in [6.45, 7) is 9.47. The van der Waals surface area contributed by atoms with Gasteiger partial charge in [0.25, 0.3) is 0 Å². The highest BCUT2D eigenvalue weighted by Crippen LogP contribution is 2.31. The molecule has 0 spiro atoms. The van der Waals surface area contributed by atoms with Gasteiger partial charge < -0.3 is 19.4 Å². The van der Waals surface area contributed by atoms with Crippen LogP contribution in [0.3, 0.4) is 0 Å². The molecule has 0 unspecified atom stereocenters. The number of piperidine rings is 1. The van der Waals surface area contributed by atoms with Gasteiger partial charge in [0.2, 0.25) is 10.0 Å². The van der Waals surface area contributed by atoms with Gasteiger partial charge in [-0.1, -0.05) is 6.42 Å². The number of nitrogens with zero attached hydrogens (tertiary/aromatic N) is 3. The van der Waals surface area contributed by atoms with Crippen molar-refractivity contribution in [3.8, 4) is 11.5 Å². The van der Waals surface area contributed by atoms with E-state index in [0.29, 0.717) is 43.3 Å². The third-order valence-corrected chi connectivity index (χ3v) is 7.96. The van der Waals surface area contributed by atoms with Crippen LogP contribution in [0.5, 0.6) is 11.5 Å². The fraction of sp³-hybridized carbons (Fsp3) is 0.480. The Morgan fingerprint density at radius 1 is 0.971 bits per heavy atom. The largest absolute Gasteiger partial charge is 0.494 e. The summed E-state index contributed by atoms with van der Waals surface area (Å²) in [5.74, 6) is 2.35. The molecule has 3 aromatic rings. The maximum Gasteiger partial charge on any atom is 0.243 e. The van der Waals surface area contributed by atoms with Crippen LogP contribution < -0.4 is 14.8 Å². The molecule has 1 aliphatic heterocycles.